The van der Waals surface area contributed by atoms with Crippen LogP contribution in [-0.4, -0.2) is 5.91 Å². The van der Waals surface area contributed by atoms with Crippen LogP contribution in [0.1, 0.15) is 18.5 Å². The Balaban J connectivity index is 2.27. The van der Waals surface area contributed by atoms with Crippen molar-refractivity contribution in [3.05, 3.63) is 48.0 Å². The van der Waals surface area contributed by atoms with Gasteiger partial charge in [-0.2, -0.15) is 0 Å². The minimum absolute atomic E-state index is 0.00282. The molecule has 0 spiro atoms. The first-order chi connectivity index (χ1) is 6.77. The first kappa shape index (κ1) is 9.00. The predicted octanol–water partition coefficient (Wildman–Crippen LogP) is 2.05. The molecule has 1 amide bonds. The summed E-state index contributed by atoms with van der Waals surface area (Å²) in [5.74, 6) is 0.354. The van der Waals surface area contributed by atoms with Crippen LogP contribution in [0.2, 0.25) is 0 Å². The number of hydrogen-bond donors (Lipinski definition) is 1. The summed E-state index contributed by atoms with van der Waals surface area (Å²) in [5.41, 5.74) is 1.16. The number of benzene rings is 1. The van der Waals surface area contributed by atoms with Gasteiger partial charge in [-0.3, -0.25) is 4.79 Å². The lowest BCUT2D eigenvalue weighted by molar-refractivity contribution is -0.117. The molecule has 14 heavy (non-hydrogen) atoms. The summed E-state index contributed by atoms with van der Waals surface area (Å²) in [6.45, 7) is 2.10. The number of amides is 1. The van der Waals surface area contributed by atoms with Gasteiger partial charge in [0.2, 0.25) is 5.91 Å². The monoisotopic (exact) mass is 187 g/mol. The van der Waals surface area contributed by atoms with E-state index in [4.69, 9.17) is 0 Å². The normalized spacial score (nSPS) is 25.9. The third-order valence-electron chi connectivity index (χ3n) is 2.53. The topological polar surface area (TPSA) is 29.1 Å². The molecule has 0 aliphatic carbocycles. The molecule has 1 heterocycles. The van der Waals surface area contributed by atoms with Crippen LogP contribution in [0.4, 0.5) is 0 Å². The summed E-state index contributed by atoms with van der Waals surface area (Å²) in [4.78, 5) is 11.2. The number of carbonyl (C=O) groups excluding carboxylic acids is 1. The number of carbonyl (C=O) groups is 1. The van der Waals surface area contributed by atoms with E-state index in [2.05, 4.69) is 12.2 Å². The Kier molecular flexibility index (Phi) is 2.35. The van der Waals surface area contributed by atoms with E-state index in [1.54, 1.807) is 6.08 Å². The zero-order valence-electron chi connectivity index (χ0n) is 8.10. The lowest BCUT2D eigenvalue weighted by atomic mass is 9.92. The van der Waals surface area contributed by atoms with Gasteiger partial charge in [-0.25, -0.2) is 0 Å². The maximum Gasteiger partial charge on any atom is 0.244 e. The van der Waals surface area contributed by atoms with Gasteiger partial charge in [-0.05, 0) is 17.6 Å². The van der Waals surface area contributed by atoms with Gasteiger partial charge in [-0.15, -0.1) is 0 Å². The average molecular weight is 187 g/mol. The lowest BCUT2D eigenvalue weighted by Gasteiger charge is -2.26. The summed E-state index contributed by atoms with van der Waals surface area (Å²) >= 11 is 0. The van der Waals surface area contributed by atoms with E-state index in [9.17, 15) is 4.79 Å². The van der Waals surface area contributed by atoms with E-state index < -0.39 is 0 Å². The first-order valence-corrected chi connectivity index (χ1v) is 4.81. The van der Waals surface area contributed by atoms with E-state index in [0.29, 0.717) is 5.92 Å². The van der Waals surface area contributed by atoms with Gasteiger partial charge in [0.05, 0.1) is 6.04 Å². The van der Waals surface area contributed by atoms with Gasteiger partial charge < -0.3 is 5.32 Å². The van der Waals surface area contributed by atoms with E-state index in [0.717, 1.165) is 5.56 Å². The van der Waals surface area contributed by atoms with Crippen molar-refractivity contribution in [1.29, 1.82) is 0 Å². The Morgan fingerprint density at radius 3 is 2.64 bits per heavy atom. The zero-order valence-corrected chi connectivity index (χ0v) is 8.10. The van der Waals surface area contributed by atoms with E-state index in [1.807, 2.05) is 36.4 Å². The van der Waals surface area contributed by atoms with E-state index in [1.165, 1.54) is 0 Å². The largest absolute Gasteiger partial charge is 0.345 e. The van der Waals surface area contributed by atoms with Crippen molar-refractivity contribution in [2.45, 2.75) is 13.0 Å². The molecule has 72 valence electrons. The SMILES string of the molecule is C[C@@H]1C=CC(=O)N[C@H]1c1ccccc1. The van der Waals surface area contributed by atoms with E-state index in [-0.39, 0.29) is 11.9 Å². The van der Waals surface area contributed by atoms with Crippen LogP contribution in [0, 0.1) is 5.92 Å². The Morgan fingerprint density at radius 1 is 1.21 bits per heavy atom. The maximum absolute atomic E-state index is 11.2. The van der Waals surface area contributed by atoms with Gasteiger partial charge >= 0.3 is 0 Å². The fraction of sp³-hybridized carbons (Fsp3) is 0.250. The standard InChI is InChI=1S/C12H13NO/c1-9-7-8-11(14)13-12(9)10-5-3-2-4-6-10/h2-9,12H,1H3,(H,13,14)/t9-,12-/m1/s1. The summed E-state index contributed by atoms with van der Waals surface area (Å²) in [6.07, 6.45) is 3.56. The summed E-state index contributed by atoms with van der Waals surface area (Å²) in [7, 11) is 0. The molecule has 0 fully saturated rings. The van der Waals surface area contributed by atoms with Crippen LogP contribution >= 0.6 is 0 Å². The Labute approximate surface area is 83.6 Å². The van der Waals surface area contributed by atoms with Crippen LogP contribution in [0.5, 0.6) is 0 Å². The van der Waals surface area contributed by atoms with Gasteiger partial charge in [0.25, 0.3) is 0 Å². The number of rotatable bonds is 1. The van der Waals surface area contributed by atoms with Crippen LogP contribution in [0.3, 0.4) is 0 Å². The molecule has 0 unspecified atom stereocenters. The average Bonchev–Trinajstić information content (AvgIpc) is 2.23. The van der Waals surface area contributed by atoms with Crippen LogP contribution in [-0.2, 0) is 4.79 Å². The molecule has 1 aromatic rings. The lowest BCUT2D eigenvalue weighted by Crippen LogP contribution is -2.34. The van der Waals surface area contributed by atoms with Crippen LogP contribution in [0.15, 0.2) is 42.5 Å². The van der Waals surface area contributed by atoms with Crippen molar-refractivity contribution >= 4 is 5.91 Å². The molecule has 1 aliphatic heterocycles. The van der Waals surface area contributed by atoms with Crippen molar-refractivity contribution in [3.8, 4) is 0 Å². The summed E-state index contributed by atoms with van der Waals surface area (Å²) in [6, 6.07) is 10.2. The summed E-state index contributed by atoms with van der Waals surface area (Å²) < 4.78 is 0. The Hall–Kier alpha value is -1.57. The number of hydrogen-bond acceptors (Lipinski definition) is 1. The maximum atomic E-state index is 11.2. The van der Waals surface area contributed by atoms with Gasteiger partial charge in [-0.1, -0.05) is 43.3 Å². The zero-order chi connectivity index (χ0) is 9.97. The third-order valence-corrected chi connectivity index (χ3v) is 2.53. The fourth-order valence-electron chi connectivity index (χ4n) is 1.73. The van der Waals surface area contributed by atoms with Crippen LogP contribution < -0.4 is 5.32 Å². The molecule has 0 bridgehead atoms. The molecule has 2 heteroatoms. The highest BCUT2D eigenvalue weighted by Gasteiger charge is 2.21. The van der Waals surface area contributed by atoms with Crippen molar-refractivity contribution in [3.63, 3.8) is 0 Å². The Morgan fingerprint density at radius 2 is 1.93 bits per heavy atom. The van der Waals surface area contributed by atoms with Gasteiger partial charge in [0, 0.05) is 0 Å². The molecule has 0 radical (unpaired) electrons. The molecule has 1 N–H and O–H groups in total. The molecule has 0 saturated heterocycles. The van der Waals surface area contributed by atoms with Gasteiger partial charge in [0.15, 0.2) is 0 Å². The molecule has 0 aromatic heterocycles. The molecular weight excluding hydrogens is 174 g/mol. The van der Waals surface area contributed by atoms with Crippen molar-refractivity contribution in [2.24, 2.45) is 5.92 Å². The predicted molar refractivity (Wildman–Crippen MR) is 55.6 cm³/mol. The second kappa shape index (κ2) is 3.66. The highest BCUT2D eigenvalue weighted by molar-refractivity contribution is 5.88. The molecule has 0 saturated carbocycles. The molecule has 1 aromatic carbocycles. The Bertz CT molecular complexity index is 356. The van der Waals surface area contributed by atoms with Crippen LogP contribution in [0.25, 0.3) is 0 Å². The second-order valence-corrected chi connectivity index (χ2v) is 3.62. The smallest absolute Gasteiger partial charge is 0.244 e. The quantitative estimate of drug-likeness (QED) is 0.716. The van der Waals surface area contributed by atoms with E-state index >= 15 is 0 Å². The van der Waals surface area contributed by atoms with Crippen molar-refractivity contribution in [1.82, 2.24) is 5.32 Å². The third kappa shape index (κ3) is 1.69. The minimum atomic E-state index is -0.00282. The number of nitrogens with one attached hydrogen (secondary N) is 1. The highest BCUT2D eigenvalue weighted by atomic mass is 16.1. The molecule has 2 rings (SSSR count). The second-order valence-electron chi connectivity index (χ2n) is 3.62. The van der Waals surface area contributed by atoms with Crippen molar-refractivity contribution < 1.29 is 4.79 Å². The first-order valence-electron chi connectivity index (χ1n) is 4.81. The fourth-order valence-corrected chi connectivity index (χ4v) is 1.73. The molecule has 1 aliphatic rings. The molecule has 2 nitrogen and oxygen atoms in total. The highest BCUT2D eigenvalue weighted by Crippen LogP contribution is 2.24. The minimum Gasteiger partial charge on any atom is -0.345 e. The summed E-state index contributed by atoms with van der Waals surface area (Å²) in [5, 5.41) is 2.96. The van der Waals surface area contributed by atoms with Gasteiger partial charge in [0.1, 0.15) is 0 Å². The molecular formula is C12H13NO. The molecule has 2 atom stereocenters. The van der Waals surface area contributed by atoms with Crippen molar-refractivity contribution in [2.75, 3.05) is 0 Å².